The van der Waals surface area contributed by atoms with Crippen LogP contribution in [-0.4, -0.2) is 26.3 Å². The minimum absolute atomic E-state index is 0.159. The first kappa shape index (κ1) is 8.49. The number of rotatable bonds is 3. The molecule has 6 heteroatoms. The summed E-state index contributed by atoms with van der Waals surface area (Å²) in [6.45, 7) is 0.435. The van der Waals surface area contributed by atoms with Gasteiger partial charge in [0.25, 0.3) is 5.91 Å². The molecule has 0 saturated heterocycles. The Morgan fingerprint density at radius 3 is 3.07 bits per heavy atom. The van der Waals surface area contributed by atoms with Crippen LogP contribution in [0.1, 0.15) is 16.1 Å². The van der Waals surface area contributed by atoms with Crippen LogP contribution in [0.4, 0.5) is 0 Å². The molecule has 0 fully saturated rings. The van der Waals surface area contributed by atoms with E-state index >= 15 is 0 Å². The number of carbonyl (C=O) groups excluding carboxylic acids is 1. The van der Waals surface area contributed by atoms with Crippen molar-refractivity contribution in [3.8, 4) is 0 Å². The van der Waals surface area contributed by atoms with Gasteiger partial charge >= 0.3 is 0 Å². The van der Waals surface area contributed by atoms with Crippen molar-refractivity contribution in [3.63, 3.8) is 0 Å². The summed E-state index contributed by atoms with van der Waals surface area (Å²) in [5.74, 6) is -0.159. The second kappa shape index (κ2) is 3.73. The second-order valence-electron chi connectivity index (χ2n) is 2.75. The molecule has 1 amide bonds. The van der Waals surface area contributed by atoms with Gasteiger partial charge < -0.3 is 5.32 Å². The zero-order valence-corrected chi connectivity index (χ0v) is 7.32. The number of amides is 1. The number of aromatic amines is 2. The summed E-state index contributed by atoms with van der Waals surface area (Å²) >= 11 is 0. The molecule has 0 radical (unpaired) electrons. The van der Waals surface area contributed by atoms with Gasteiger partial charge in [-0.05, 0) is 6.07 Å². The van der Waals surface area contributed by atoms with Gasteiger partial charge in [0.1, 0.15) is 0 Å². The first-order valence-electron chi connectivity index (χ1n) is 4.11. The van der Waals surface area contributed by atoms with Gasteiger partial charge in [0.2, 0.25) is 0 Å². The Morgan fingerprint density at radius 1 is 1.50 bits per heavy atom. The van der Waals surface area contributed by atoms with E-state index in [-0.39, 0.29) is 5.91 Å². The molecule has 0 bridgehead atoms. The monoisotopic (exact) mass is 191 g/mol. The highest BCUT2D eigenvalue weighted by Gasteiger charge is 2.05. The van der Waals surface area contributed by atoms with E-state index in [1.165, 1.54) is 6.20 Å². The highest BCUT2D eigenvalue weighted by atomic mass is 16.1. The molecule has 0 atom stereocenters. The predicted molar refractivity (Wildman–Crippen MR) is 48.3 cm³/mol. The molecule has 2 heterocycles. The molecule has 0 aliphatic rings. The first-order chi connectivity index (χ1) is 6.86. The van der Waals surface area contributed by atoms with Crippen LogP contribution in [0.5, 0.6) is 0 Å². The molecule has 6 nitrogen and oxygen atoms in total. The standard InChI is InChI=1S/C8H9N5O/c14-8(6-3-11-12-4-6)9-5-7-1-2-10-13-7/h1-4H,5H2,(H,9,14)(H,10,13)(H,11,12). The van der Waals surface area contributed by atoms with Gasteiger partial charge in [-0.1, -0.05) is 0 Å². The number of hydrogen-bond donors (Lipinski definition) is 3. The van der Waals surface area contributed by atoms with Crippen LogP contribution < -0.4 is 5.32 Å². The number of aromatic nitrogens is 4. The Hall–Kier alpha value is -2.11. The number of nitrogens with zero attached hydrogens (tertiary/aromatic N) is 2. The van der Waals surface area contributed by atoms with Crippen LogP contribution >= 0.6 is 0 Å². The van der Waals surface area contributed by atoms with E-state index < -0.39 is 0 Å². The van der Waals surface area contributed by atoms with Gasteiger partial charge in [-0.15, -0.1) is 0 Å². The number of nitrogens with one attached hydrogen (secondary N) is 3. The van der Waals surface area contributed by atoms with E-state index in [4.69, 9.17) is 0 Å². The third-order valence-electron chi connectivity index (χ3n) is 1.76. The van der Waals surface area contributed by atoms with Crippen molar-refractivity contribution in [2.45, 2.75) is 6.54 Å². The highest BCUT2D eigenvalue weighted by Crippen LogP contribution is 1.95. The molecule has 2 aromatic rings. The van der Waals surface area contributed by atoms with E-state index in [0.29, 0.717) is 12.1 Å². The zero-order chi connectivity index (χ0) is 9.80. The maximum Gasteiger partial charge on any atom is 0.254 e. The fourth-order valence-corrected chi connectivity index (χ4v) is 1.04. The molecule has 0 spiro atoms. The molecule has 2 rings (SSSR count). The van der Waals surface area contributed by atoms with Crippen molar-refractivity contribution < 1.29 is 4.79 Å². The SMILES string of the molecule is O=C(NCc1ccn[nH]1)c1cn[nH]c1. The van der Waals surface area contributed by atoms with Crippen LogP contribution in [0.3, 0.4) is 0 Å². The van der Waals surface area contributed by atoms with Gasteiger partial charge in [-0.2, -0.15) is 10.2 Å². The van der Waals surface area contributed by atoms with Crippen LogP contribution in [-0.2, 0) is 6.54 Å². The number of hydrogen-bond acceptors (Lipinski definition) is 3. The van der Waals surface area contributed by atoms with Crippen LogP contribution in [0, 0.1) is 0 Å². The van der Waals surface area contributed by atoms with Crippen molar-refractivity contribution in [3.05, 3.63) is 35.9 Å². The van der Waals surface area contributed by atoms with E-state index in [1.807, 2.05) is 0 Å². The van der Waals surface area contributed by atoms with Gasteiger partial charge in [0, 0.05) is 12.4 Å². The zero-order valence-electron chi connectivity index (χ0n) is 7.32. The number of carbonyl (C=O) groups is 1. The molecule has 0 aromatic carbocycles. The molecule has 0 aliphatic carbocycles. The summed E-state index contributed by atoms with van der Waals surface area (Å²) in [6.07, 6.45) is 4.66. The third-order valence-corrected chi connectivity index (χ3v) is 1.76. The van der Waals surface area contributed by atoms with Gasteiger partial charge in [-0.25, -0.2) is 0 Å². The average molecular weight is 191 g/mol. The van der Waals surface area contributed by atoms with E-state index in [2.05, 4.69) is 25.7 Å². The van der Waals surface area contributed by atoms with Crippen molar-refractivity contribution >= 4 is 5.91 Å². The molecule has 3 N–H and O–H groups in total. The van der Waals surface area contributed by atoms with Crippen molar-refractivity contribution in [2.24, 2.45) is 0 Å². The van der Waals surface area contributed by atoms with E-state index in [0.717, 1.165) is 5.69 Å². The Labute approximate surface area is 79.7 Å². The summed E-state index contributed by atoms with van der Waals surface area (Å²) in [6, 6.07) is 1.80. The largest absolute Gasteiger partial charge is 0.346 e. The quantitative estimate of drug-likeness (QED) is 0.641. The van der Waals surface area contributed by atoms with Crippen LogP contribution in [0.2, 0.25) is 0 Å². The summed E-state index contributed by atoms with van der Waals surface area (Å²) < 4.78 is 0. The highest BCUT2D eigenvalue weighted by molar-refractivity contribution is 5.93. The van der Waals surface area contributed by atoms with Crippen molar-refractivity contribution in [2.75, 3.05) is 0 Å². The predicted octanol–water partition coefficient (Wildman–Crippen LogP) is 0.0628. The summed E-state index contributed by atoms with van der Waals surface area (Å²) in [4.78, 5) is 11.4. The topological polar surface area (TPSA) is 86.5 Å². The Morgan fingerprint density at radius 2 is 2.43 bits per heavy atom. The smallest absolute Gasteiger partial charge is 0.254 e. The van der Waals surface area contributed by atoms with E-state index in [1.54, 1.807) is 18.5 Å². The summed E-state index contributed by atoms with van der Waals surface area (Å²) in [7, 11) is 0. The number of H-pyrrole nitrogens is 2. The average Bonchev–Trinajstić information content (AvgIpc) is 2.87. The van der Waals surface area contributed by atoms with Crippen LogP contribution in [0.15, 0.2) is 24.7 Å². The Balaban J connectivity index is 1.90. The minimum atomic E-state index is -0.159. The lowest BCUT2D eigenvalue weighted by molar-refractivity contribution is 0.0950. The molecule has 0 unspecified atom stereocenters. The Kier molecular flexibility index (Phi) is 2.26. The summed E-state index contributed by atoms with van der Waals surface area (Å²) in [5.41, 5.74) is 1.38. The van der Waals surface area contributed by atoms with Crippen LogP contribution in [0.25, 0.3) is 0 Å². The fraction of sp³-hybridized carbons (Fsp3) is 0.125. The third kappa shape index (κ3) is 1.79. The van der Waals surface area contributed by atoms with Crippen molar-refractivity contribution in [1.29, 1.82) is 0 Å². The van der Waals surface area contributed by atoms with E-state index in [9.17, 15) is 4.79 Å². The van der Waals surface area contributed by atoms with Gasteiger partial charge in [-0.3, -0.25) is 15.0 Å². The molecule has 14 heavy (non-hydrogen) atoms. The second-order valence-corrected chi connectivity index (χ2v) is 2.75. The Bertz CT molecular complexity index is 391. The summed E-state index contributed by atoms with van der Waals surface area (Å²) in [5, 5.41) is 15.5. The molecule has 0 saturated carbocycles. The lowest BCUT2D eigenvalue weighted by Gasteiger charge is -1.99. The fourth-order valence-electron chi connectivity index (χ4n) is 1.04. The maximum atomic E-state index is 11.4. The molecule has 2 aromatic heterocycles. The molecular formula is C8H9N5O. The van der Waals surface area contributed by atoms with Crippen molar-refractivity contribution in [1.82, 2.24) is 25.7 Å². The lowest BCUT2D eigenvalue weighted by Crippen LogP contribution is -2.22. The molecular weight excluding hydrogens is 182 g/mol. The van der Waals surface area contributed by atoms with Gasteiger partial charge in [0.05, 0.1) is 24.0 Å². The van der Waals surface area contributed by atoms with Gasteiger partial charge in [0.15, 0.2) is 0 Å². The minimum Gasteiger partial charge on any atom is -0.346 e. The normalized spacial score (nSPS) is 10.0. The molecule has 0 aliphatic heterocycles. The lowest BCUT2D eigenvalue weighted by atomic mass is 10.3. The maximum absolute atomic E-state index is 11.4. The first-order valence-corrected chi connectivity index (χ1v) is 4.11. The molecule has 72 valence electrons.